The predicted octanol–water partition coefficient (Wildman–Crippen LogP) is 8.42. The maximum Gasteiger partial charge on any atom is 0.356 e. The highest BCUT2D eigenvalue weighted by atomic mass is 32.2. The molecular formula is C55H51N2O10PSSi. The van der Waals surface area contributed by atoms with Gasteiger partial charge < -0.3 is 18.3 Å². The van der Waals surface area contributed by atoms with E-state index in [9.17, 15) is 19.7 Å². The number of carbonyl (C=O) groups excluding carboxylic acids is 4. The topological polar surface area (TPSA) is 155 Å². The molecule has 15 heteroatoms. The summed E-state index contributed by atoms with van der Waals surface area (Å²) in [5.74, 6) is -2.38. The summed E-state index contributed by atoms with van der Waals surface area (Å²) in [5, 5.41) is 14.1. The number of non-ortho nitro benzene ring substituents is 1. The first-order valence-electron chi connectivity index (χ1n) is 22.5. The van der Waals surface area contributed by atoms with Gasteiger partial charge in [0.05, 0.1) is 17.4 Å². The molecule has 0 spiro atoms. The van der Waals surface area contributed by atoms with E-state index in [1.54, 1.807) is 6.07 Å². The summed E-state index contributed by atoms with van der Waals surface area (Å²) in [4.78, 5) is 72.7. The van der Waals surface area contributed by atoms with Crippen molar-refractivity contribution in [3.63, 3.8) is 0 Å². The van der Waals surface area contributed by atoms with Crippen molar-refractivity contribution in [2.75, 3.05) is 0 Å². The lowest BCUT2D eigenvalue weighted by Crippen LogP contribution is -2.82. The Labute approximate surface area is 411 Å². The zero-order valence-electron chi connectivity index (χ0n) is 39.2. The van der Waals surface area contributed by atoms with Crippen molar-refractivity contribution in [2.45, 2.75) is 63.3 Å². The number of rotatable bonds is 16. The molecule has 1 aromatic heterocycles. The molecule has 1 aliphatic rings. The molecule has 1 amide bonds. The number of β-lactam (4-membered cyclic amide) rings is 1. The predicted molar refractivity (Wildman–Crippen MR) is 277 cm³/mol. The van der Waals surface area contributed by atoms with E-state index in [0.717, 1.165) is 10.4 Å². The van der Waals surface area contributed by atoms with Crippen molar-refractivity contribution < 1.29 is 42.4 Å². The highest BCUT2D eigenvalue weighted by Crippen LogP contribution is 2.58. The minimum Gasteiger partial charge on any atom is -0.472 e. The van der Waals surface area contributed by atoms with E-state index in [1.165, 1.54) is 55.5 Å². The molecule has 3 unspecified atom stereocenters. The smallest absolute Gasteiger partial charge is 0.356 e. The van der Waals surface area contributed by atoms with Crippen LogP contribution in [-0.2, 0) is 39.7 Å². The molecule has 12 nitrogen and oxygen atoms in total. The molecule has 70 heavy (non-hydrogen) atoms. The number of hydrogen-bond acceptors (Lipinski definition) is 11. The Morgan fingerprint density at radius 3 is 1.61 bits per heavy atom. The maximum absolute atomic E-state index is 16.6. The van der Waals surface area contributed by atoms with E-state index in [-0.39, 0.29) is 23.3 Å². The zero-order valence-corrected chi connectivity index (χ0v) is 41.9. The first-order valence-corrected chi connectivity index (χ1v) is 27.0. The number of nitro groups is 1. The molecule has 356 valence electrons. The second kappa shape index (κ2) is 20.5. The van der Waals surface area contributed by atoms with E-state index in [2.05, 4.69) is 20.8 Å². The van der Waals surface area contributed by atoms with Gasteiger partial charge in [-0.25, -0.2) is 4.79 Å². The van der Waals surface area contributed by atoms with E-state index in [1.807, 2.05) is 152 Å². The van der Waals surface area contributed by atoms with Gasteiger partial charge in [0.2, 0.25) is 0 Å². The van der Waals surface area contributed by atoms with Crippen LogP contribution < -0.4 is 26.3 Å². The number of furan rings is 1. The summed E-state index contributed by atoms with van der Waals surface area (Å²) in [6.45, 7) is 4.79. The van der Waals surface area contributed by atoms with Gasteiger partial charge in [0.1, 0.15) is 12.0 Å². The minimum atomic E-state index is -3.82. The number of carbonyl (C=O) groups is 4. The SMILES string of the molecule is CC(=O)OC(c1ccoc1)C1(SC(C)=O)C(=O)N(C(C(=O)OCc2ccc([N+](=O)[O-])cc2)=P(c2ccccc2)(c2ccccc2)c2ccccc2)C1O[Si](c1ccccc1)(c1ccccc1)C(C)(C)C. The number of benzene rings is 6. The molecule has 0 radical (unpaired) electrons. The quantitative estimate of drug-likeness (QED) is 0.0229. The fraction of sp³-hybridized carbons (Fsp3) is 0.182. The van der Waals surface area contributed by atoms with Crippen molar-refractivity contribution in [1.29, 1.82) is 0 Å². The molecule has 1 aliphatic heterocycles. The molecule has 0 saturated carbocycles. The molecule has 0 bridgehead atoms. The molecule has 0 N–H and O–H groups in total. The Morgan fingerprint density at radius 2 is 1.21 bits per heavy atom. The normalized spacial score (nSPS) is 16.4. The van der Waals surface area contributed by atoms with Crippen LogP contribution in [0.2, 0.25) is 5.04 Å². The van der Waals surface area contributed by atoms with E-state index >= 15 is 9.59 Å². The van der Waals surface area contributed by atoms with Crippen molar-refractivity contribution in [2.24, 2.45) is 0 Å². The fourth-order valence-electron chi connectivity index (χ4n) is 9.45. The number of nitrogens with zero attached hydrogens (tertiary/aromatic N) is 2. The summed E-state index contributed by atoms with van der Waals surface area (Å²) in [6, 6.07) is 55.1. The number of likely N-dealkylation sites (tertiary alicyclic amines) is 1. The summed E-state index contributed by atoms with van der Waals surface area (Å²) in [5.41, 5.74) is 0.524. The average molecular weight is 991 g/mol. The second-order valence-electron chi connectivity index (χ2n) is 17.7. The highest BCUT2D eigenvalue weighted by molar-refractivity contribution is 8.15. The van der Waals surface area contributed by atoms with Crippen molar-refractivity contribution in [1.82, 2.24) is 4.90 Å². The molecule has 2 heterocycles. The standard InChI is InChI=1S/C55H51N2O10PSSi/c1-39(58)66-49(42-35-36-64-38-42)55(69-40(2)59)52(61)56(53(55)67-70(54(3,4)5,47-27-17-9-18-28-47)48-29-19-10-20-30-48)50(51(60)65-37-41-31-33-43(34-32-41)57(62)63)68(44-21-11-6-12-22-44,45-23-13-7-14-24-45)46-25-15-8-16-26-46/h6-36,38,49,53H,37H2,1-5H3. The van der Waals surface area contributed by atoms with Crippen LogP contribution in [0.4, 0.5) is 5.69 Å². The third-order valence-corrected chi connectivity index (χ3v) is 22.8. The minimum absolute atomic E-state index is 0.0699. The van der Waals surface area contributed by atoms with Crippen LogP contribution >= 0.6 is 18.6 Å². The van der Waals surface area contributed by atoms with Crippen LogP contribution in [-0.4, -0.2) is 57.5 Å². The van der Waals surface area contributed by atoms with Crippen molar-refractivity contribution in [3.05, 3.63) is 216 Å². The van der Waals surface area contributed by atoms with Gasteiger partial charge in [-0.15, -0.1) is 0 Å². The second-order valence-corrected chi connectivity index (χ2v) is 26.8. The molecule has 6 aromatic carbocycles. The fourth-order valence-corrected chi connectivity index (χ4v) is 19.7. The first kappa shape index (κ1) is 49.3. The van der Waals surface area contributed by atoms with Crippen molar-refractivity contribution >= 4 is 87.3 Å². The van der Waals surface area contributed by atoms with E-state index < -0.39 is 65.2 Å². The van der Waals surface area contributed by atoms with Gasteiger partial charge in [-0.2, -0.15) is 0 Å². The Kier molecular flexibility index (Phi) is 14.4. The summed E-state index contributed by atoms with van der Waals surface area (Å²) < 4.78 is 24.2. The molecular weight excluding hydrogens is 940 g/mol. The third-order valence-electron chi connectivity index (χ3n) is 12.4. The van der Waals surface area contributed by atoms with Gasteiger partial charge in [0.15, 0.2) is 22.2 Å². The summed E-state index contributed by atoms with van der Waals surface area (Å²) >= 11 is 0.680. The Balaban J connectivity index is 1.54. The molecule has 7 aromatic rings. The van der Waals surface area contributed by atoms with Gasteiger partial charge in [0, 0.05) is 38.4 Å². The lowest BCUT2D eigenvalue weighted by Gasteiger charge is -2.60. The number of amides is 1. The lowest BCUT2D eigenvalue weighted by atomic mass is 9.85. The number of hydrogen-bond donors (Lipinski definition) is 0. The van der Waals surface area contributed by atoms with Gasteiger partial charge in [-0.1, -0.05) is 184 Å². The summed E-state index contributed by atoms with van der Waals surface area (Å²) in [6.07, 6.45) is -0.276. The van der Waals surface area contributed by atoms with Crippen LogP contribution in [0, 0.1) is 10.1 Å². The molecule has 0 aliphatic carbocycles. The van der Waals surface area contributed by atoms with Gasteiger partial charge in [-0.3, -0.25) is 29.4 Å². The van der Waals surface area contributed by atoms with Crippen LogP contribution in [0.3, 0.4) is 0 Å². The Morgan fingerprint density at radius 1 is 0.743 bits per heavy atom. The van der Waals surface area contributed by atoms with Gasteiger partial charge in [-0.05, 0) is 55.1 Å². The molecule has 8 rings (SSSR count). The Hall–Kier alpha value is -7.09. The number of esters is 2. The first-order chi connectivity index (χ1) is 33.7. The largest absolute Gasteiger partial charge is 0.472 e. The van der Waals surface area contributed by atoms with Gasteiger partial charge >= 0.3 is 11.9 Å². The number of nitro benzene ring substituents is 1. The van der Waals surface area contributed by atoms with Crippen LogP contribution in [0.15, 0.2) is 199 Å². The molecule has 3 atom stereocenters. The van der Waals surface area contributed by atoms with Crippen LogP contribution in [0.1, 0.15) is 51.8 Å². The van der Waals surface area contributed by atoms with Crippen molar-refractivity contribution in [3.8, 4) is 0 Å². The lowest BCUT2D eigenvalue weighted by molar-refractivity contribution is -0.384. The number of ether oxygens (including phenoxy) is 2. The zero-order chi connectivity index (χ0) is 49.7. The monoisotopic (exact) mass is 990 g/mol. The number of thioether (sulfide) groups is 1. The average Bonchev–Trinajstić information content (AvgIpc) is 3.91. The molecule has 1 saturated heterocycles. The highest BCUT2D eigenvalue weighted by Gasteiger charge is 2.73. The van der Waals surface area contributed by atoms with E-state index in [0.29, 0.717) is 33.2 Å². The maximum atomic E-state index is 16.6. The van der Waals surface area contributed by atoms with Crippen LogP contribution in [0.25, 0.3) is 0 Å². The van der Waals surface area contributed by atoms with E-state index in [4.69, 9.17) is 18.3 Å². The summed E-state index contributed by atoms with van der Waals surface area (Å²) in [7, 11) is -3.82. The van der Waals surface area contributed by atoms with Gasteiger partial charge in [0.25, 0.3) is 19.9 Å². The Bertz CT molecular complexity index is 2900. The third kappa shape index (κ3) is 8.99. The molecule has 1 fully saturated rings. The van der Waals surface area contributed by atoms with Crippen LogP contribution in [0.5, 0.6) is 0 Å².